The van der Waals surface area contributed by atoms with E-state index in [1.54, 1.807) is 30.3 Å². The van der Waals surface area contributed by atoms with Gasteiger partial charge in [-0.1, -0.05) is 35.9 Å². The molecule has 8 heteroatoms. The van der Waals surface area contributed by atoms with Crippen LogP contribution in [-0.4, -0.2) is 8.42 Å². The van der Waals surface area contributed by atoms with Gasteiger partial charge < -0.3 is 0 Å². The highest BCUT2D eigenvalue weighted by atomic mass is 35.5. The fourth-order valence-electron chi connectivity index (χ4n) is 2.38. The van der Waals surface area contributed by atoms with E-state index in [4.69, 9.17) is 11.6 Å². The maximum absolute atomic E-state index is 12.6. The van der Waals surface area contributed by atoms with Crippen molar-refractivity contribution in [2.75, 3.05) is 4.72 Å². The quantitative estimate of drug-likeness (QED) is 0.663. The maximum atomic E-state index is 12.6. The number of benzene rings is 3. The third-order valence-electron chi connectivity index (χ3n) is 3.61. The molecule has 0 amide bonds. The van der Waals surface area contributed by atoms with E-state index in [0.717, 1.165) is 24.3 Å². The van der Waals surface area contributed by atoms with Crippen molar-refractivity contribution in [3.63, 3.8) is 0 Å². The van der Waals surface area contributed by atoms with E-state index in [2.05, 4.69) is 4.72 Å². The summed E-state index contributed by atoms with van der Waals surface area (Å²) in [6.07, 6.45) is -4.53. The second kappa shape index (κ2) is 6.24. The molecule has 3 aromatic rings. The van der Waals surface area contributed by atoms with Crippen molar-refractivity contribution in [2.45, 2.75) is 11.1 Å². The molecule has 0 atom stereocenters. The van der Waals surface area contributed by atoms with Gasteiger partial charge in [0.1, 0.15) is 0 Å². The normalized spacial score (nSPS) is 12.3. The SMILES string of the molecule is O=S(=O)(Nc1ccc(Cl)c2ccccc12)c1ccc(C(F)(F)F)cc1. The van der Waals surface area contributed by atoms with Crippen molar-refractivity contribution in [3.8, 4) is 0 Å². The lowest BCUT2D eigenvalue weighted by Crippen LogP contribution is -2.14. The van der Waals surface area contributed by atoms with Crippen molar-refractivity contribution in [3.05, 3.63) is 71.2 Å². The molecule has 0 fully saturated rings. The van der Waals surface area contributed by atoms with E-state index in [1.165, 1.54) is 6.07 Å². The van der Waals surface area contributed by atoms with Crippen LogP contribution < -0.4 is 4.72 Å². The molecule has 130 valence electrons. The molecule has 0 spiro atoms. The number of hydrogen-bond donors (Lipinski definition) is 1. The highest BCUT2D eigenvalue weighted by Crippen LogP contribution is 2.32. The van der Waals surface area contributed by atoms with E-state index < -0.39 is 21.8 Å². The zero-order valence-corrected chi connectivity index (χ0v) is 14.1. The van der Waals surface area contributed by atoms with Crippen molar-refractivity contribution >= 4 is 38.1 Å². The Kier molecular flexibility index (Phi) is 4.38. The molecule has 0 bridgehead atoms. The highest BCUT2D eigenvalue weighted by Gasteiger charge is 2.30. The van der Waals surface area contributed by atoms with Gasteiger partial charge in [-0.3, -0.25) is 4.72 Å². The number of rotatable bonds is 3. The number of nitrogens with one attached hydrogen (secondary N) is 1. The fourth-order valence-corrected chi connectivity index (χ4v) is 3.69. The maximum Gasteiger partial charge on any atom is 0.416 e. The van der Waals surface area contributed by atoms with Gasteiger partial charge in [0.15, 0.2) is 0 Å². The standard InChI is InChI=1S/C17H11ClF3NO2S/c18-15-9-10-16(14-4-2-1-3-13(14)15)22-25(23,24)12-7-5-11(6-8-12)17(19,20)21/h1-10,22H. The summed E-state index contributed by atoms with van der Waals surface area (Å²) >= 11 is 6.09. The van der Waals surface area contributed by atoms with E-state index >= 15 is 0 Å². The first-order chi connectivity index (χ1) is 11.7. The highest BCUT2D eigenvalue weighted by molar-refractivity contribution is 7.92. The molecule has 0 aliphatic carbocycles. The van der Waals surface area contributed by atoms with Crippen LogP contribution in [0.15, 0.2) is 65.6 Å². The van der Waals surface area contributed by atoms with Gasteiger partial charge in [0.2, 0.25) is 0 Å². The van der Waals surface area contributed by atoms with E-state index in [1.807, 2.05) is 0 Å². The van der Waals surface area contributed by atoms with Gasteiger partial charge in [0.25, 0.3) is 10.0 Å². The molecule has 25 heavy (non-hydrogen) atoms. The van der Waals surface area contributed by atoms with Crippen LogP contribution in [-0.2, 0) is 16.2 Å². The van der Waals surface area contributed by atoms with E-state index in [0.29, 0.717) is 21.5 Å². The summed E-state index contributed by atoms with van der Waals surface area (Å²) in [5.41, 5.74) is -0.622. The Morgan fingerprint density at radius 3 is 2.04 bits per heavy atom. The van der Waals surface area contributed by atoms with Crippen LogP contribution in [0, 0.1) is 0 Å². The van der Waals surface area contributed by atoms with Gasteiger partial charge in [-0.2, -0.15) is 13.2 Å². The van der Waals surface area contributed by atoms with Crippen molar-refractivity contribution in [2.24, 2.45) is 0 Å². The van der Waals surface area contributed by atoms with Crippen LogP contribution in [0.25, 0.3) is 10.8 Å². The Labute approximate surface area is 147 Å². The average molecular weight is 386 g/mol. The van der Waals surface area contributed by atoms with Crippen molar-refractivity contribution in [1.29, 1.82) is 0 Å². The Balaban J connectivity index is 1.99. The van der Waals surface area contributed by atoms with Crippen molar-refractivity contribution in [1.82, 2.24) is 0 Å². The number of alkyl halides is 3. The lowest BCUT2D eigenvalue weighted by Gasteiger charge is -2.12. The topological polar surface area (TPSA) is 46.2 Å². The summed E-state index contributed by atoms with van der Waals surface area (Å²) in [6.45, 7) is 0. The van der Waals surface area contributed by atoms with Gasteiger partial charge in [-0.25, -0.2) is 8.42 Å². The number of anilines is 1. The van der Waals surface area contributed by atoms with Crippen molar-refractivity contribution < 1.29 is 21.6 Å². The molecule has 3 aromatic carbocycles. The molecule has 0 saturated heterocycles. The Morgan fingerprint density at radius 2 is 1.44 bits per heavy atom. The lowest BCUT2D eigenvalue weighted by atomic mass is 10.1. The van der Waals surface area contributed by atoms with Gasteiger partial charge in [-0.15, -0.1) is 0 Å². The second-order valence-corrected chi connectivity index (χ2v) is 7.36. The number of fused-ring (bicyclic) bond motifs is 1. The Bertz CT molecular complexity index is 1030. The van der Waals surface area contributed by atoms with Gasteiger partial charge >= 0.3 is 6.18 Å². The largest absolute Gasteiger partial charge is 0.416 e. The lowest BCUT2D eigenvalue weighted by molar-refractivity contribution is -0.137. The van der Waals surface area contributed by atoms with Crippen LogP contribution in [0.4, 0.5) is 18.9 Å². The molecule has 0 heterocycles. The van der Waals surface area contributed by atoms with Gasteiger partial charge in [0.05, 0.1) is 16.1 Å². The first kappa shape index (κ1) is 17.6. The minimum Gasteiger partial charge on any atom is -0.279 e. The van der Waals surface area contributed by atoms with Crippen LogP contribution >= 0.6 is 11.6 Å². The number of sulfonamides is 1. The minimum absolute atomic E-state index is 0.264. The molecule has 0 saturated carbocycles. The Morgan fingerprint density at radius 1 is 0.840 bits per heavy atom. The summed E-state index contributed by atoms with van der Waals surface area (Å²) < 4.78 is 65.1. The molecular weight excluding hydrogens is 375 g/mol. The number of halogens is 4. The summed E-state index contributed by atoms with van der Waals surface area (Å²) in [4.78, 5) is -0.264. The second-order valence-electron chi connectivity index (χ2n) is 5.27. The predicted molar refractivity (Wildman–Crippen MR) is 91.2 cm³/mol. The third kappa shape index (κ3) is 3.57. The summed E-state index contributed by atoms with van der Waals surface area (Å²) in [5, 5.41) is 1.72. The van der Waals surface area contributed by atoms with Crippen LogP contribution in [0.3, 0.4) is 0 Å². The molecule has 0 aliphatic rings. The first-order valence-corrected chi connectivity index (χ1v) is 8.92. The Hall–Kier alpha value is -2.25. The molecule has 3 rings (SSSR count). The molecular formula is C17H11ClF3NO2S. The zero-order chi connectivity index (χ0) is 18.2. The third-order valence-corrected chi connectivity index (χ3v) is 5.32. The van der Waals surface area contributed by atoms with Crippen LogP contribution in [0.2, 0.25) is 5.02 Å². The van der Waals surface area contributed by atoms with Crippen LogP contribution in [0.1, 0.15) is 5.56 Å². The minimum atomic E-state index is -4.53. The molecule has 0 aliphatic heterocycles. The zero-order valence-electron chi connectivity index (χ0n) is 12.5. The smallest absolute Gasteiger partial charge is 0.279 e. The molecule has 1 N–H and O–H groups in total. The molecule has 3 nitrogen and oxygen atoms in total. The molecule has 0 unspecified atom stereocenters. The number of hydrogen-bond acceptors (Lipinski definition) is 2. The van der Waals surface area contributed by atoms with E-state index in [9.17, 15) is 21.6 Å². The van der Waals surface area contributed by atoms with E-state index in [-0.39, 0.29) is 4.90 Å². The molecule has 0 radical (unpaired) electrons. The van der Waals surface area contributed by atoms with Crippen LogP contribution in [0.5, 0.6) is 0 Å². The fraction of sp³-hybridized carbons (Fsp3) is 0.0588. The molecule has 0 aromatic heterocycles. The summed E-state index contributed by atoms with van der Waals surface area (Å²) in [5.74, 6) is 0. The van der Waals surface area contributed by atoms with Gasteiger partial charge in [-0.05, 0) is 36.4 Å². The predicted octanol–water partition coefficient (Wildman–Crippen LogP) is 5.31. The van der Waals surface area contributed by atoms with Gasteiger partial charge in [0, 0.05) is 15.8 Å². The first-order valence-electron chi connectivity index (χ1n) is 7.06. The summed E-state index contributed by atoms with van der Waals surface area (Å²) in [7, 11) is -4.04. The monoisotopic (exact) mass is 385 g/mol. The summed E-state index contributed by atoms with van der Waals surface area (Å²) in [6, 6.07) is 13.3. The average Bonchev–Trinajstić information content (AvgIpc) is 2.57.